The Labute approximate surface area is 150 Å². The van der Waals surface area contributed by atoms with Crippen molar-refractivity contribution in [2.75, 3.05) is 6.54 Å². The molecule has 1 N–H and O–H groups in total. The quantitative estimate of drug-likeness (QED) is 0.885. The van der Waals surface area contributed by atoms with Gasteiger partial charge in [0.05, 0.1) is 0 Å². The van der Waals surface area contributed by atoms with Crippen molar-refractivity contribution >= 4 is 23.5 Å². The molecule has 1 fully saturated rings. The molecule has 0 spiro atoms. The summed E-state index contributed by atoms with van der Waals surface area (Å²) in [7, 11) is 0. The van der Waals surface area contributed by atoms with Crippen LogP contribution < -0.4 is 4.74 Å². The molecule has 0 aliphatic carbocycles. The van der Waals surface area contributed by atoms with Gasteiger partial charge in [-0.25, -0.2) is 4.79 Å². The lowest BCUT2D eigenvalue weighted by Crippen LogP contribution is -2.40. The molecule has 2 aromatic carbocycles. The first-order chi connectivity index (χ1) is 12.0. The number of carbonyl (C=O) groups is 2. The molecule has 1 aliphatic rings. The molecular weight excluding hydrogens is 342 g/mol. The second-order valence-corrected chi connectivity index (χ2v) is 6.37. The first kappa shape index (κ1) is 17.3. The van der Waals surface area contributed by atoms with E-state index < -0.39 is 12.0 Å². The molecule has 1 saturated heterocycles. The van der Waals surface area contributed by atoms with Gasteiger partial charge in [-0.05, 0) is 48.7 Å². The Kier molecular flexibility index (Phi) is 5.24. The van der Waals surface area contributed by atoms with Gasteiger partial charge in [0, 0.05) is 17.1 Å². The van der Waals surface area contributed by atoms with Crippen molar-refractivity contribution in [1.82, 2.24) is 4.90 Å². The largest absolute Gasteiger partial charge is 0.489 e. The first-order valence-electron chi connectivity index (χ1n) is 8.05. The fourth-order valence-corrected chi connectivity index (χ4v) is 3.02. The number of nitrogens with zero attached hydrogens (tertiary/aromatic N) is 1. The molecule has 2 aromatic rings. The van der Waals surface area contributed by atoms with E-state index in [0.717, 1.165) is 5.56 Å². The van der Waals surface area contributed by atoms with Gasteiger partial charge in [-0.1, -0.05) is 29.8 Å². The number of carboxylic acid groups (broad SMARTS) is 1. The zero-order valence-corrected chi connectivity index (χ0v) is 14.3. The van der Waals surface area contributed by atoms with Gasteiger partial charge in [0.1, 0.15) is 18.4 Å². The normalized spacial score (nSPS) is 16.7. The SMILES string of the molecule is O=C(O)[C@H]1CCCN1C(=O)c1cccc(OCc2ccc(Cl)cc2)c1. The maximum atomic E-state index is 12.6. The smallest absolute Gasteiger partial charge is 0.326 e. The van der Waals surface area contributed by atoms with Gasteiger partial charge < -0.3 is 14.7 Å². The summed E-state index contributed by atoms with van der Waals surface area (Å²) in [5.41, 5.74) is 1.40. The summed E-state index contributed by atoms with van der Waals surface area (Å²) in [5.74, 6) is -0.672. The van der Waals surface area contributed by atoms with E-state index in [-0.39, 0.29) is 5.91 Å². The number of benzene rings is 2. The van der Waals surface area contributed by atoms with Crippen LogP contribution in [0.1, 0.15) is 28.8 Å². The Hall–Kier alpha value is -2.53. The monoisotopic (exact) mass is 359 g/mol. The van der Waals surface area contributed by atoms with Gasteiger partial charge in [-0.2, -0.15) is 0 Å². The third kappa shape index (κ3) is 4.12. The molecule has 0 bridgehead atoms. The van der Waals surface area contributed by atoms with Gasteiger partial charge in [-0.3, -0.25) is 4.79 Å². The van der Waals surface area contributed by atoms with Crippen LogP contribution >= 0.6 is 11.6 Å². The van der Waals surface area contributed by atoms with E-state index in [1.807, 2.05) is 12.1 Å². The average Bonchev–Trinajstić information content (AvgIpc) is 3.11. The number of ether oxygens (including phenoxy) is 1. The Morgan fingerprint density at radius 1 is 1.20 bits per heavy atom. The highest BCUT2D eigenvalue weighted by molar-refractivity contribution is 6.30. The number of rotatable bonds is 5. The zero-order valence-electron chi connectivity index (χ0n) is 13.5. The van der Waals surface area contributed by atoms with Crippen LogP contribution in [-0.4, -0.2) is 34.5 Å². The van der Waals surface area contributed by atoms with Crippen LogP contribution in [0, 0.1) is 0 Å². The molecule has 0 saturated carbocycles. The van der Waals surface area contributed by atoms with Crippen molar-refractivity contribution in [3.05, 3.63) is 64.7 Å². The minimum atomic E-state index is -0.957. The molecule has 25 heavy (non-hydrogen) atoms. The average molecular weight is 360 g/mol. The van der Waals surface area contributed by atoms with Crippen LogP contribution in [0.15, 0.2) is 48.5 Å². The van der Waals surface area contributed by atoms with Crippen molar-refractivity contribution in [2.45, 2.75) is 25.5 Å². The van der Waals surface area contributed by atoms with Crippen molar-refractivity contribution < 1.29 is 19.4 Å². The van der Waals surface area contributed by atoms with Crippen LogP contribution in [0.3, 0.4) is 0 Å². The lowest BCUT2D eigenvalue weighted by molar-refractivity contribution is -0.141. The molecule has 1 aliphatic heterocycles. The minimum absolute atomic E-state index is 0.276. The summed E-state index contributed by atoms with van der Waals surface area (Å²) in [5, 5.41) is 9.90. The molecule has 1 amide bonds. The molecule has 0 radical (unpaired) electrons. The van der Waals surface area contributed by atoms with Crippen LogP contribution in [0.4, 0.5) is 0 Å². The molecule has 0 unspecified atom stereocenters. The Bertz CT molecular complexity index is 775. The maximum Gasteiger partial charge on any atom is 0.326 e. The number of carboxylic acids is 1. The summed E-state index contributed by atoms with van der Waals surface area (Å²) in [6.45, 7) is 0.821. The molecule has 1 atom stereocenters. The van der Waals surface area contributed by atoms with Crippen LogP contribution in [-0.2, 0) is 11.4 Å². The maximum absolute atomic E-state index is 12.6. The number of amides is 1. The van der Waals surface area contributed by atoms with Crippen LogP contribution in [0.5, 0.6) is 5.75 Å². The Balaban J connectivity index is 1.69. The first-order valence-corrected chi connectivity index (χ1v) is 8.43. The number of carbonyl (C=O) groups excluding carboxylic acids is 1. The summed E-state index contributed by atoms with van der Waals surface area (Å²) in [4.78, 5) is 25.3. The van der Waals surface area contributed by atoms with E-state index in [0.29, 0.717) is 42.3 Å². The van der Waals surface area contributed by atoms with E-state index in [4.69, 9.17) is 16.3 Å². The van der Waals surface area contributed by atoms with Gasteiger partial charge in [0.25, 0.3) is 5.91 Å². The van der Waals surface area contributed by atoms with Crippen LogP contribution in [0.25, 0.3) is 0 Å². The highest BCUT2D eigenvalue weighted by Crippen LogP contribution is 2.23. The van der Waals surface area contributed by atoms with E-state index in [9.17, 15) is 14.7 Å². The van der Waals surface area contributed by atoms with Crippen LogP contribution in [0.2, 0.25) is 5.02 Å². The Morgan fingerprint density at radius 2 is 1.96 bits per heavy atom. The number of hydrogen-bond acceptors (Lipinski definition) is 3. The summed E-state index contributed by atoms with van der Waals surface area (Å²) < 4.78 is 5.73. The zero-order chi connectivity index (χ0) is 17.8. The van der Waals surface area contributed by atoms with Crippen molar-refractivity contribution in [2.24, 2.45) is 0 Å². The fraction of sp³-hybridized carbons (Fsp3) is 0.263. The fourth-order valence-electron chi connectivity index (χ4n) is 2.90. The summed E-state index contributed by atoms with van der Waals surface area (Å²) in [6, 6.07) is 13.4. The molecule has 3 rings (SSSR count). The lowest BCUT2D eigenvalue weighted by Gasteiger charge is -2.21. The highest BCUT2D eigenvalue weighted by Gasteiger charge is 2.34. The van der Waals surface area contributed by atoms with E-state index >= 15 is 0 Å². The molecule has 6 heteroatoms. The van der Waals surface area contributed by atoms with E-state index in [2.05, 4.69) is 0 Å². The van der Waals surface area contributed by atoms with Crippen molar-refractivity contribution in [3.63, 3.8) is 0 Å². The number of aliphatic carboxylic acids is 1. The van der Waals surface area contributed by atoms with Gasteiger partial charge in [0.15, 0.2) is 0 Å². The lowest BCUT2D eigenvalue weighted by atomic mass is 10.1. The van der Waals surface area contributed by atoms with Crippen molar-refractivity contribution in [1.29, 1.82) is 0 Å². The molecule has 1 heterocycles. The highest BCUT2D eigenvalue weighted by atomic mass is 35.5. The second-order valence-electron chi connectivity index (χ2n) is 5.94. The number of halogens is 1. The van der Waals surface area contributed by atoms with Crippen molar-refractivity contribution in [3.8, 4) is 5.75 Å². The number of likely N-dealkylation sites (tertiary alicyclic amines) is 1. The van der Waals surface area contributed by atoms with Gasteiger partial charge >= 0.3 is 5.97 Å². The molecule has 5 nitrogen and oxygen atoms in total. The topological polar surface area (TPSA) is 66.8 Å². The predicted octanol–water partition coefficient (Wildman–Crippen LogP) is 3.61. The van der Waals surface area contributed by atoms with E-state index in [1.54, 1.807) is 36.4 Å². The third-order valence-corrected chi connectivity index (χ3v) is 4.45. The minimum Gasteiger partial charge on any atom is -0.489 e. The Morgan fingerprint density at radius 3 is 2.68 bits per heavy atom. The van der Waals surface area contributed by atoms with Gasteiger partial charge in [0.2, 0.25) is 0 Å². The molecular formula is C19H18ClNO4. The number of hydrogen-bond donors (Lipinski definition) is 1. The second kappa shape index (κ2) is 7.57. The van der Waals surface area contributed by atoms with Gasteiger partial charge in [-0.15, -0.1) is 0 Å². The molecule has 130 valence electrons. The summed E-state index contributed by atoms with van der Waals surface area (Å²) in [6.07, 6.45) is 1.20. The van der Waals surface area contributed by atoms with E-state index in [1.165, 1.54) is 4.90 Å². The standard InChI is InChI=1S/C19H18ClNO4/c20-15-8-6-13(7-9-15)12-25-16-4-1-3-14(11-16)18(22)21-10-2-5-17(21)19(23)24/h1,3-4,6-9,11,17H,2,5,10,12H2,(H,23,24)/t17-/m1/s1. The summed E-state index contributed by atoms with van der Waals surface area (Å²) >= 11 is 5.86. The molecule has 0 aromatic heterocycles. The predicted molar refractivity (Wildman–Crippen MR) is 93.9 cm³/mol. The third-order valence-electron chi connectivity index (χ3n) is 4.20.